The minimum atomic E-state index is -0.426. The number of hydrazine groups is 1. The molecule has 18 heavy (non-hydrogen) atoms. The molecular formula is C12H17N3O3. The molecule has 1 rings (SSSR count). The van der Waals surface area contributed by atoms with Crippen LogP contribution in [-0.2, 0) is 16.0 Å². The molecule has 0 aliphatic rings. The highest BCUT2D eigenvalue weighted by atomic mass is 16.5. The maximum atomic E-state index is 11.4. The minimum Gasteiger partial charge on any atom is -0.497 e. The molecular weight excluding hydrogens is 234 g/mol. The van der Waals surface area contributed by atoms with Crippen molar-refractivity contribution in [2.24, 2.45) is 5.73 Å². The van der Waals surface area contributed by atoms with Crippen LogP contribution in [-0.4, -0.2) is 25.5 Å². The van der Waals surface area contributed by atoms with Crippen molar-refractivity contribution in [3.05, 3.63) is 29.8 Å². The Hall–Kier alpha value is -2.08. The molecule has 98 valence electrons. The molecule has 1 aromatic rings. The van der Waals surface area contributed by atoms with E-state index in [1.165, 1.54) is 0 Å². The van der Waals surface area contributed by atoms with E-state index in [0.717, 1.165) is 11.3 Å². The first kappa shape index (κ1) is 14.0. The van der Waals surface area contributed by atoms with Crippen molar-refractivity contribution in [3.8, 4) is 5.75 Å². The molecule has 0 saturated heterocycles. The first-order valence-electron chi connectivity index (χ1n) is 5.56. The fourth-order valence-corrected chi connectivity index (χ4v) is 1.34. The van der Waals surface area contributed by atoms with Gasteiger partial charge in [-0.05, 0) is 24.1 Å². The number of amides is 2. The minimum absolute atomic E-state index is 0.157. The van der Waals surface area contributed by atoms with Gasteiger partial charge in [-0.15, -0.1) is 0 Å². The summed E-state index contributed by atoms with van der Waals surface area (Å²) in [4.78, 5) is 22.2. The first-order chi connectivity index (χ1) is 8.65. The zero-order chi connectivity index (χ0) is 13.4. The van der Waals surface area contributed by atoms with Crippen molar-refractivity contribution in [1.82, 2.24) is 10.9 Å². The van der Waals surface area contributed by atoms with Gasteiger partial charge in [0.15, 0.2) is 0 Å². The number of carbonyl (C=O) groups is 2. The Morgan fingerprint density at radius 3 is 2.67 bits per heavy atom. The molecule has 0 aliphatic carbocycles. The number of nitrogens with two attached hydrogens (primary N) is 1. The van der Waals surface area contributed by atoms with Gasteiger partial charge in [0, 0.05) is 6.42 Å². The van der Waals surface area contributed by atoms with Crippen LogP contribution < -0.4 is 21.3 Å². The van der Waals surface area contributed by atoms with Crippen LogP contribution in [0.25, 0.3) is 0 Å². The zero-order valence-corrected chi connectivity index (χ0v) is 10.2. The van der Waals surface area contributed by atoms with Crippen LogP contribution in [0.15, 0.2) is 24.3 Å². The summed E-state index contributed by atoms with van der Waals surface area (Å²) in [6.07, 6.45) is 0.847. The summed E-state index contributed by atoms with van der Waals surface area (Å²) in [7, 11) is 1.59. The second kappa shape index (κ2) is 7.29. The van der Waals surface area contributed by atoms with Gasteiger partial charge >= 0.3 is 0 Å². The second-order valence-electron chi connectivity index (χ2n) is 3.65. The topological polar surface area (TPSA) is 93.5 Å². The standard InChI is InChI=1S/C12H17N3O3/c1-18-10-4-2-3-9(7-10)5-6-11(16)14-15-12(17)8-13/h2-4,7H,5-6,8,13H2,1H3,(H,14,16)(H,15,17). The van der Waals surface area contributed by atoms with E-state index < -0.39 is 5.91 Å². The number of hydrogen-bond acceptors (Lipinski definition) is 4. The highest BCUT2D eigenvalue weighted by molar-refractivity contribution is 5.82. The lowest BCUT2D eigenvalue weighted by molar-refractivity contribution is -0.128. The smallest absolute Gasteiger partial charge is 0.252 e. The molecule has 0 aliphatic heterocycles. The van der Waals surface area contributed by atoms with Gasteiger partial charge in [-0.2, -0.15) is 0 Å². The van der Waals surface area contributed by atoms with Crippen molar-refractivity contribution < 1.29 is 14.3 Å². The summed E-state index contributed by atoms with van der Waals surface area (Å²) < 4.78 is 5.08. The van der Waals surface area contributed by atoms with Gasteiger partial charge in [-0.3, -0.25) is 20.4 Å². The lowest BCUT2D eigenvalue weighted by Crippen LogP contribution is -2.44. The fraction of sp³-hybridized carbons (Fsp3) is 0.333. The van der Waals surface area contributed by atoms with E-state index in [9.17, 15) is 9.59 Å². The molecule has 0 saturated carbocycles. The molecule has 0 atom stereocenters. The molecule has 4 N–H and O–H groups in total. The highest BCUT2D eigenvalue weighted by Crippen LogP contribution is 2.13. The summed E-state index contributed by atoms with van der Waals surface area (Å²) in [5, 5.41) is 0. The number of rotatable bonds is 5. The van der Waals surface area contributed by atoms with Gasteiger partial charge in [0.25, 0.3) is 5.91 Å². The largest absolute Gasteiger partial charge is 0.497 e. The molecule has 0 radical (unpaired) electrons. The van der Waals surface area contributed by atoms with E-state index >= 15 is 0 Å². The highest BCUT2D eigenvalue weighted by Gasteiger charge is 2.04. The van der Waals surface area contributed by atoms with Crippen molar-refractivity contribution in [1.29, 1.82) is 0 Å². The maximum Gasteiger partial charge on any atom is 0.252 e. The van der Waals surface area contributed by atoms with E-state index in [1.54, 1.807) is 7.11 Å². The van der Waals surface area contributed by atoms with Crippen LogP contribution in [0.2, 0.25) is 0 Å². The van der Waals surface area contributed by atoms with Gasteiger partial charge < -0.3 is 10.5 Å². The van der Waals surface area contributed by atoms with Gasteiger partial charge in [-0.25, -0.2) is 0 Å². The number of benzene rings is 1. The van der Waals surface area contributed by atoms with Gasteiger partial charge in [0.2, 0.25) is 5.91 Å². The fourth-order valence-electron chi connectivity index (χ4n) is 1.34. The molecule has 0 heterocycles. The van der Waals surface area contributed by atoms with E-state index in [-0.39, 0.29) is 18.9 Å². The second-order valence-corrected chi connectivity index (χ2v) is 3.65. The molecule has 0 bridgehead atoms. The Morgan fingerprint density at radius 2 is 2.00 bits per heavy atom. The lowest BCUT2D eigenvalue weighted by atomic mass is 10.1. The third-order valence-corrected chi connectivity index (χ3v) is 2.30. The van der Waals surface area contributed by atoms with Crippen LogP contribution in [0, 0.1) is 0 Å². The number of carbonyl (C=O) groups excluding carboxylic acids is 2. The van der Waals surface area contributed by atoms with Gasteiger partial charge in [-0.1, -0.05) is 12.1 Å². The maximum absolute atomic E-state index is 11.4. The summed E-state index contributed by atoms with van der Waals surface area (Å²) in [5.41, 5.74) is 10.6. The molecule has 2 amide bonds. The average Bonchev–Trinajstić information content (AvgIpc) is 2.42. The van der Waals surface area contributed by atoms with Crippen molar-refractivity contribution >= 4 is 11.8 Å². The van der Waals surface area contributed by atoms with Gasteiger partial charge in [0.1, 0.15) is 5.75 Å². The monoisotopic (exact) mass is 251 g/mol. The quantitative estimate of drug-likeness (QED) is 0.628. The summed E-state index contributed by atoms with van der Waals surface area (Å²) >= 11 is 0. The third-order valence-electron chi connectivity index (χ3n) is 2.30. The summed E-state index contributed by atoms with van der Waals surface area (Å²) in [5.74, 6) is 0.0636. The normalized spacial score (nSPS) is 9.67. The Labute approximate surface area is 105 Å². The third kappa shape index (κ3) is 4.84. The number of methoxy groups -OCH3 is 1. The van der Waals surface area contributed by atoms with Crippen LogP contribution in [0.3, 0.4) is 0 Å². The van der Waals surface area contributed by atoms with Crippen molar-refractivity contribution in [3.63, 3.8) is 0 Å². The Bertz CT molecular complexity index is 421. The molecule has 6 heteroatoms. The molecule has 1 aromatic carbocycles. The number of hydrogen-bond donors (Lipinski definition) is 3. The molecule has 0 fully saturated rings. The van der Waals surface area contributed by atoms with E-state index in [2.05, 4.69) is 10.9 Å². The zero-order valence-electron chi connectivity index (χ0n) is 10.2. The average molecular weight is 251 g/mol. The van der Waals surface area contributed by atoms with E-state index in [1.807, 2.05) is 24.3 Å². The number of ether oxygens (including phenoxy) is 1. The summed E-state index contributed by atoms with van der Waals surface area (Å²) in [6.45, 7) is -0.157. The molecule has 0 spiro atoms. The van der Waals surface area contributed by atoms with Crippen molar-refractivity contribution in [2.75, 3.05) is 13.7 Å². The molecule has 0 unspecified atom stereocenters. The number of nitrogens with one attached hydrogen (secondary N) is 2. The summed E-state index contributed by atoms with van der Waals surface area (Å²) in [6, 6.07) is 7.48. The predicted octanol–water partition coefficient (Wildman–Crippen LogP) is -0.266. The Kier molecular flexibility index (Phi) is 5.66. The van der Waals surface area contributed by atoms with Crippen LogP contribution >= 0.6 is 0 Å². The van der Waals surface area contributed by atoms with Crippen LogP contribution in [0.4, 0.5) is 0 Å². The first-order valence-corrected chi connectivity index (χ1v) is 5.56. The van der Waals surface area contributed by atoms with E-state index in [4.69, 9.17) is 10.5 Å². The Balaban J connectivity index is 2.35. The lowest BCUT2D eigenvalue weighted by Gasteiger charge is -2.07. The van der Waals surface area contributed by atoms with Crippen molar-refractivity contribution in [2.45, 2.75) is 12.8 Å². The Morgan fingerprint density at radius 1 is 1.28 bits per heavy atom. The SMILES string of the molecule is COc1cccc(CCC(=O)NNC(=O)CN)c1. The van der Waals surface area contributed by atoms with Crippen LogP contribution in [0.5, 0.6) is 5.75 Å². The number of aryl methyl sites for hydroxylation is 1. The predicted molar refractivity (Wildman–Crippen MR) is 66.7 cm³/mol. The molecule has 6 nitrogen and oxygen atoms in total. The molecule has 0 aromatic heterocycles. The van der Waals surface area contributed by atoms with Gasteiger partial charge in [0.05, 0.1) is 13.7 Å². The van der Waals surface area contributed by atoms with Crippen LogP contribution in [0.1, 0.15) is 12.0 Å². The van der Waals surface area contributed by atoms with E-state index in [0.29, 0.717) is 6.42 Å².